The molecule has 2 aromatic carbocycles. The lowest BCUT2D eigenvalue weighted by Crippen LogP contribution is -2.23. The largest absolute Gasteiger partial charge is 0.488 e. The fourth-order valence-corrected chi connectivity index (χ4v) is 3.27. The summed E-state index contributed by atoms with van der Waals surface area (Å²) in [5.74, 6) is 1.36. The Kier molecular flexibility index (Phi) is 5.33. The first-order chi connectivity index (χ1) is 14.4. The fourth-order valence-electron chi connectivity index (χ4n) is 3.04. The van der Waals surface area contributed by atoms with Crippen molar-refractivity contribution in [1.82, 2.24) is 29.8 Å². The summed E-state index contributed by atoms with van der Waals surface area (Å²) in [4.78, 5) is 21.0. The second-order valence-electron chi connectivity index (χ2n) is 6.82. The third-order valence-corrected chi connectivity index (χ3v) is 5.00. The molecule has 4 aromatic rings. The number of benzene rings is 2. The van der Waals surface area contributed by atoms with Gasteiger partial charge in [-0.3, -0.25) is 0 Å². The summed E-state index contributed by atoms with van der Waals surface area (Å²) >= 11 is 6.40. The van der Waals surface area contributed by atoms with Gasteiger partial charge in [-0.25, -0.2) is 14.8 Å². The number of tetrazole rings is 1. The monoisotopic (exact) mass is 422 g/mol. The summed E-state index contributed by atoms with van der Waals surface area (Å²) in [7, 11) is 1.54. The molecule has 4 rings (SSSR count). The van der Waals surface area contributed by atoms with Crippen LogP contribution in [0.2, 0.25) is 5.02 Å². The first-order valence-electron chi connectivity index (χ1n) is 9.24. The summed E-state index contributed by atoms with van der Waals surface area (Å²) in [6.07, 6.45) is 1.74. The molecule has 0 radical (unpaired) electrons. The summed E-state index contributed by atoms with van der Waals surface area (Å²) in [5.41, 5.74) is 3.56. The van der Waals surface area contributed by atoms with E-state index >= 15 is 0 Å². The number of hydrogen-bond donors (Lipinski definition) is 0. The number of rotatable bonds is 5. The molecule has 8 nitrogen and oxygen atoms in total. The molecule has 0 amide bonds. The molecular formula is C21H19ClN6O2. The smallest absolute Gasteiger partial charge is 0.368 e. The zero-order valence-corrected chi connectivity index (χ0v) is 17.5. The van der Waals surface area contributed by atoms with Crippen LogP contribution in [0.4, 0.5) is 0 Å². The zero-order chi connectivity index (χ0) is 21.3. The second-order valence-corrected chi connectivity index (χ2v) is 7.23. The predicted octanol–water partition coefficient (Wildman–Crippen LogP) is 3.27. The van der Waals surface area contributed by atoms with Crippen molar-refractivity contribution >= 4 is 11.6 Å². The molecule has 0 aliphatic carbocycles. The quantitative estimate of drug-likeness (QED) is 0.490. The molecule has 0 unspecified atom stereocenters. The van der Waals surface area contributed by atoms with E-state index in [4.69, 9.17) is 16.3 Å². The maximum absolute atomic E-state index is 12.3. The predicted molar refractivity (Wildman–Crippen MR) is 113 cm³/mol. The van der Waals surface area contributed by atoms with E-state index in [0.29, 0.717) is 27.8 Å². The summed E-state index contributed by atoms with van der Waals surface area (Å²) in [6, 6.07) is 12.9. The van der Waals surface area contributed by atoms with Gasteiger partial charge < -0.3 is 4.74 Å². The van der Waals surface area contributed by atoms with Crippen molar-refractivity contribution in [3.05, 3.63) is 81.0 Å². The second kappa shape index (κ2) is 8.08. The maximum Gasteiger partial charge on any atom is 0.368 e. The van der Waals surface area contributed by atoms with Crippen molar-refractivity contribution in [2.75, 3.05) is 0 Å². The molecule has 0 spiro atoms. The number of ether oxygens (including phenoxy) is 1. The fraction of sp³-hybridized carbons (Fsp3) is 0.190. The molecule has 0 aliphatic rings. The van der Waals surface area contributed by atoms with Gasteiger partial charge in [0.05, 0.1) is 5.69 Å². The Bertz CT molecular complexity index is 1280. The van der Waals surface area contributed by atoms with Crippen molar-refractivity contribution in [2.24, 2.45) is 7.05 Å². The van der Waals surface area contributed by atoms with Crippen LogP contribution in [0.3, 0.4) is 0 Å². The Morgan fingerprint density at radius 2 is 1.93 bits per heavy atom. The highest BCUT2D eigenvalue weighted by atomic mass is 35.5. The summed E-state index contributed by atoms with van der Waals surface area (Å²) in [6.45, 7) is 4.05. The van der Waals surface area contributed by atoms with Crippen LogP contribution in [-0.4, -0.2) is 29.8 Å². The van der Waals surface area contributed by atoms with E-state index in [0.717, 1.165) is 21.5 Å². The average molecular weight is 423 g/mol. The molecule has 30 heavy (non-hydrogen) atoms. The number of halogens is 1. The van der Waals surface area contributed by atoms with E-state index in [2.05, 4.69) is 20.4 Å². The third kappa shape index (κ3) is 3.81. The van der Waals surface area contributed by atoms with Crippen molar-refractivity contribution in [1.29, 1.82) is 0 Å². The zero-order valence-electron chi connectivity index (χ0n) is 16.7. The third-order valence-electron chi connectivity index (χ3n) is 4.64. The van der Waals surface area contributed by atoms with Crippen LogP contribution in [0.25, 0.3) is 17.1 Å². The maximum atomic E-state index is 12.3. The normalized spacial score (nSPS) is 10.9. The first kappa shape index (κ1) is 19.8. The molecule has 0 aliphatic heterocycles. The Balaban J connectivity index is 1.61. The van der Waals surface area contributed by atoms with Crippen LogP contribution in [-0.2, 0) is 13.7 Å². The minimum absolute atomic E-state index is 0.166. The lowest BCUT2D eigenvalue weighted by atomic mass is 10.1. The first-order valence-corrected chi connectivity index (χ1v) is 9.62. The lowest BCUT2D eigenvalue weighted by Gasteiger charge is -2.14. The van der Waals surface area contributed by atoms with Crippen LogP contribution >= 0.6 is 11.6 Å². The topological polar surface area (TPSA) is 87.7 Å². The molecule has 2 aromatic heterocycles. The van der Waals surface area contributed by atoms with Gasteiger partial charge >= 0.3 is 5.69 Å². The van der Waals surface area contributed by atoms with E-state index < -0.39 is 0 Å². The number of hydrogen-bond acceptors (Lipinski definition) is 6. The minimum atomic E-state index is -0.364. The lowest BCUT2D eigenvalue weighted by molar-refractivity contribution is 0.303. The average Bonchev–Trinajstić information content (AvgIpc) is 3.06. The Hall–Kier alpha value is -3.52. The molecule has 0 saturated carbocycles. The van der Waals surface area contributed by atoms with Gasteiger partial charge in [0.2, 0.25) is 0 Å². The van der Waals surface area contributed by atoms with Gasteiger partial charge in [0.25, 0.3) is 0 Å². The van der Waals surface area contributed by atoms with Gasteiger partial charge in [-0.1, -0.05) is 17.7 Å². The standard InChI is InChI=1S/C21H19ClN6O2/c1-13-11-15(20-23-10-9-14(2)24-20)7-8-19(13)30-12-16-17(22)5-4-6-18(16)28-21(29)27(3)25-26-28/h4-11H,12H2,1-3H3. The molecular weight excluding hydrogens is 404 g/mol. The van der Waals surface area contributed by atoms with Gasteiger partial charge in [-0.15, -0.1) is 0 Å². The van der Waals surface area contributed by atoms with Crippen LogP contribution in [0.1, 0.15) is 16.8 Å². The highest BCUT2D eigenvalue weighted by Gasteiger charge is 2.15. The Morgan fingerprint density at radius 1 is 1.10 bits per heavy atom. The van der Waals surface area contributed by atoms with E-state index in [1.54, 1.807) is 24.4 Å². The van der Waals surface area contributed by atoms with E-state index in [9.17, 15) is 4.79 Å². The molecule has 2 heterocycles. The minimum Gasteiger partial charge on any atom is -0.488 e. The van der Waals surface area contributed by atoms with Gasteiger partial charge in [-0.2, -0.15) is 9.36 Å². The molecule has 0 N–H and O–H groups in total. The Morgan fingerprint density at radius 3 is 2.63 bits per heavy atom. The highest BCUT2D eigenvalue weighted by molar-refractivity contribution is 6.31. The van der Waals surface area contributed by atoms with Crippen molar-refractivity contribution < 1.29 is 4.74 Å². The van der Waals surface area contributed by atoms with Crippen LogP contribution < -0.4 is 10.4 Å². The molecule has 0 bridgehead atoms. The Labute approximate surface area is 177 Å². The summed E-state index contributed by atoms with van der Waals surface area (Å²) in [5, 5.41) is 8.14. The van der Waals surface area contributed by atoms with Crippen molar-refractivity contribution in [3.8, 4) is 22.8 Å². The van der Waals surface area contributed by atoms with Crippen LogP contribution in [0.5, 0.6) is 5.75 Å². The number of aromatic nitrogens is 6. The van der Waals surface area contributed by atoms with Crippen molar-refractivity contribution in [2.45, 2.75) is 20.5 Å². The molecule has 0 atom stereocenters. The van der Waals surface area contributed by atoms with Gasteiger partial charge in [0.15, 0.2) is 5.82 Å². The van der Waals surface area contributed by atoms with Gasteiger partial charge in [0.1, 0.15) is 12.4 Å². The SMILES string of the molecule is Cc1ccnc(-c2ccc(OCc3c(Cl)cccc3-n3nnn(C)c3=O)c(C)c2)n1. The van der Waals surface area contributed by atoms with Gasteiger partial charge in [0, 0.05) is 35.1 Å². The van der Waals surface area contributed by atoms with E-state index in [-0.39, 0.29) is 12.3 Å². The number of nitrogens with zero attached hydrogens (tertiary/aromatic N) is 6. The highest BCUT2D eigenvalue weighted by Crippen LogP contribution is 2.28. The summed E-state index contributed by atoms with van der Waals surface area (Å²) < 4.78 is 8.39. The van der Waals surface area contributed by atoms with Crippen LogP contribution in [0.15, 0.2) is 53.5 Å². The molecule has 9 heteroatoms. The van der Waals surface area contributed by atoms with Crippen molar-refractivity contribution in [3.63, 3.8) is 0 Å². The van der Waals surface area contributed by atoms with Crippen LogP contribution in [0, 0.1) is 13.8 Å². The molecule has 152 valence electrons. The number of aryl methyl sites for hydroxylation is 3. The molecule has 0 saturated heterocycles. The van der Waals surface area contributed by atoms with Gasteiger partial charge in [-0.05, 0) is 66.2 Å². The molecule has 0 fully saturated rings. The van der Waals surface area contributed by atoms with E-state index in [1.165, 1.54) is 11.7 Å². The van der Waals surface area contributed by atoms with E-state index in [1.807, 2.05) is 38.1 Å².